The summed E-state index contributed by atoms with van der Waals surface area (Å²) < 4.78 is 44.2. The summed E-state index contributed by atoms with van der Waals surface area (Å²) >= 11 is 7.24. The number of hydrogen-bond acceptors (Lipinski definition) is 6. The van der Waals surface area contributed by atoms with Gasteiger partial charge in [-0.25, -0.2) is 14.8 Å². The van der Waals surface area contributed by atoms with Gasteiger partial charge in [-0.1, -0.05) is 36.8 Å². The Kier molecular flexibility index (Phi) is 6.42. The Bertz CT molecular complexity index is 1130. The first-order valence-corrected chi connectivity index (χ1v) is 10.1. The molecule has 0 aliphatic carbocycles. The van der Waals surface area contributed by atoms with Crippen LogP contribution in [0.15, 0.2) is 30.5 Å². The summed E-state index contributed by atoms with van der Waals surface area (Å²) in [6, 6.07) is 5.69. The van der Waals surface area contributed by atoms with Gasteiger partial charge in [0, 0.05) is 16.8 Å². The van der Waals surface area contributed by atoms with Crippen LogP contribution in [0, 0.1) is 0 Å². The van der Waals surface area contributed by atoms with Gasteiger partial charge in [0.2, 0.25) is 0 Å². The smallest absolute Gasteiger partial charge is 0.417 e. The van der Waals surface area contributed by atoms with Crippen LogP contribution in [0.1, 0.15) is 41.4 Å². The second-order valence-corrected chi connectivity index (χ2v) is 8.22. The Hall–Kier alpha value is -2.85. The normalized spacial score (nSPS) is 11.6. The number of benzene rings is 1. The molecule has 0 radical (unpaired) electrons. The molecule has 11 heteroatoms. The lowest BCUT2D eigenvalue weighted by molar-refractivity contribution is -0.137. The molecule has 6 nitrogen and oxygen atoms in total. The average molecular weight is 472 g/mol. The van der Waals surface area contributed by atoms with Crippen molar-refractivity contribution in [3.63, 3.8) is 0 Å². The van der Waals surface area contributed by atoms with Gasteiger partial charge in [-0.05, 0) is 30.2 Å². The minimum absolute atomic E-state index is 0.00157. The SMILES string of the molecule is COc1cc(Cl)ccc1-c1sc(Nc2ncc(C(F)(F)F)cc2C(=O)O)nc1C(C)C. The molecule has 3 rings (SSSR count). The van der Waals surface area contributed by atoms with Crippen molar-refractivity contribution in [1.29, 1.82) is 0 Å². The lowest BCUT2D eigenvalue weighted by Crippen LogP contribution is -2.11. The van der Waals surface area contributed by atoms with Crippen LogP contribution in [0.4, 0.5) is 24.1 Å². The van der Waals surface area contributed by atoms with Crippen molar-refractivity contribution in [3.8, 4) is 16.2 Å². The van der Waals surface area contributed by atoms with E-state index in [0.29, 0.717) is 28.7 Å². The number of nitrogens with zero attached hydrogens (tertiary/aromatic N) is 2. The van der Waals surface area contributed by atoms with Crippen molar-refractivity contribution in [1.82, 2.24) is 9.97 Å². The Morgan fingerprint density at radius 1 is 1.29 bits per heavy atom. The molecule has 0 bridgehead atoms. The topological polar surface area (TPSA) is 84.3 Å². The number of aromatic nitrogens is 2. The first-order valence-electron chi connectivity index (χ1n) is 8.93. The lowest BCUT2D eigenvalue weighted by atomic mass is 10.0. The molecule has 2 N–H and O–H groups in total. The molecule has 0 atom stereocenters. The van der Waals surface area contributed by atoms with Gasteiger partial charge < -0.3 is 15.2 Å². The van der Waals surface area contributed by atoms with E-state index in [1.807, 2.05) is 13.8 Å². The standard InChI is InChI=1S/C20H17ClF3N3O3S/c1-9(2)15-16(12-5-4-11(21)7-14(12)30-3)31-19(26-15)27-17-13(18(28)29)6-10(8-25-17)20(22,23)24/h4-9H,1-3H3,(H,28,29)(H,25,26,27). The highest BCUT2D eigenvalue weighted by atomic mass is 35.5. The highest BCUT2D eigenvalue weighted by Crippen LogP contribution is 2.43. The molecular weight excluding hydrogens is 455 g/mol. The molecule has 0 aliphatic rings. The predicted molar refractivity (Wildman–Crippen MR) is 113 cm³/mol. The van der Waals surface area contributed by atoms with Crippen LogP contribution in [0.25, 0.3) is 10.4 Å². The summed E-state index contributed by atoms with van der Waals surface area (Å²) in [6.07, 6.45) is -4.13. The number of rotatable bonds is 6. The summed E-state index contributed by atoms with van der Waals surface area (Å²) in [7, 11) is 1.51. The van der Waals surface area contributed by atoms with Crippen molar-refractivity contribution in [2.24, 2.45) is 0 Å². The molecule has 2 aromatic heterocycles. The Labute approximate surface area is 184 Å². The molecule has 0 saturated heterocycles. The number of methoxy groups -OCH3 is 1. The van der Waals surface area contributed by atoms with Crippen molar-refractivity contribution < 1.29 is 27.8 Å². The largest absolute Gasteiger partial charge is 0.496 e. The molecule has 0 amide bonds. The van der Waals surface area contributed by atoms with Gasteiger partial charge in [-0.15, -0.1) is 0 Å². The zero-order chi connectivity index (χ0) is 22.9. The average Bonchev–Trinajstić information content (AvgIpc) is 3.11. The second kappa shape index (κ2) is 8.72. The Morgan fingerprint density at radius 3 is 2.58 bits per heavy atom. The van der Waals surface area contributed by atoms with E-state index in [2.05, 4.69) is 15.3 Å². The molecule has 0 unspecified atom stereocenters. The van der Waals surface area contributed by atoms with Crippen molar-refractivity contribution in [3.05, 3.63) is 52.3 Å². The van der Waals surface area contributed by atoms with Crippen LogP contribution < -0.4 is 10.1 Å². The van der Waals surface area contributed by atoms with Crippen LogP contribution >= 0.6 is 22.9 Å². The predicted octanol–water partition coefficient (Wildman–Crippen LogP) is 6.45. The number of halogens is 4. The van der Waals surface area contributed by atoms with Crippen LogP contribution in [0.3, 0.4) is 0 Å². The first kappa shape index (κ1) is 22.8. The molecule has 3 aromatic rings. The number of aromatic carboxylic acids is 1. The van der Waals surface area contributed by atoms with Crippen LogP contribution in [0.2, 0.25) is 5.02 Å². The third kappa shape index (κ3) is 4.91. The molecule has 1 aromatic carbocycles. The quantitative estimate of drug-likeness (QED) is 0.429. The minimum atomic E-state index is -4.71. The molecule has 31 heavy (non-hydrogen) atoms. The molecule has 0 saturated carbocycles. The van der Waals surface area contributed by atoms with Gasteiger partial charge in [0.25, 0.3) is 0 Å². The molecule has 164 valence electrons. The third-order valence-electron chi connectivity index (χ3n) is 4.28. The molecule has 0 fully saturated rings. The fourth-order valence-electron chi connectivity index (χ4n) is 2.81. The number of carboxylic acid groups (broad SMARTS) is 1. The number of carboxylic acids is 1. The van der Waals surface area contributed by atoms with Gasteiger partial charge in [0.05, 0.1) is 23.2 Å². The number of hydrogen-bond donors (Lipinski definition) is 2. The molecule has 2 heterocycles. The zero-order valence-corrected chi connectivity index (χ0v) is 18.1. The van der Waals surface area contributed by atoms with Gasteiger partial charge >= 0.3 is 12.1 Å². The third-order valence-corrected chi connectivity index (χ3v) is 5.53. The molecule has 0 spiro atoms. The van der Waals surface area contributed by atoms with E-state index in [-0.39, 0.29) is 16.9 Å². The summed E-state index contributed by atoms with van der Waals surface area (Å²) in [5, 5.41) is 12.9. The fraction of sp³-hybridized carbons (Fsp3) is 0.250. The second-order valence-electron chi connectivity index (χ2n) is 6.78. The summed E-state index contributed by atoms with van der Waals surface area (Å²) in [5.41, 5.74) is -0.317. The van der Waals surface area contributed by atoms with E-state index in [9.17, 15) is 23.1 Å². The van der Waals surface area contributed by atoms with E-state index >= 15 is 0 Å². The monoisotopic (exact) mass is 471 g/mol. The van der Waals surface area contributed by atoms with E-state index in [4.69, 9.17) is 16.3 Å². The van der Waals surface area contributed by atoms with Gasteiger partial charge in [-0.2, -0.15) is 13.2 Å². The highest BCUT2D eigenvalue weighted by Gasteiger charge is 2.33. The van der Waals surface area contributed by atoms with Crippen molar-refractivity contribution >= 4 is 39.9 Å². The van der Waals surface area contributed by atoms with Gasteiger partial charge in [0.15, 0.2) is 5.13 Å². The molecule has 0 aliphatic heterocycles. The highest BCUT2D eigenvalue weighted by molar-refractivity contribution is 7.19. The lowest BCUT2D eigenvalue weighted by Gasteiger charge is -2.10. The van der Waals surface area contributed by atoms with Crippen LogP contribution in [-0.4, -0.2) is 28.2 Å². The minimum Gasteiger partial charge on any atom is -0.496 e. The van der Waals surface area contributed by atoms with E-state index < -0.39 is 23.3 Å². The Morgan fingerprint density at radius 2 is 2.00 bits per heavy atom. The van der Waals surface area contributed by atoms with Crippen molar-refractivity contribution in [2.75, 3.05) is 12.4 Å². The van der Waals surface area contributed by atoms with Crippen LogP contribution in [0.5, 0.6) is 5.75 Å². The van der Waals surface area contributed by atoms with Gasteiger partial charge in [0.1, 0.15) is 17.1 Å². The maximum absolute atomic E-state index is 12.9. The number of anilines is 2. The number of ether oxygens (including phenoxy) is 1. The number of carbonyl (C=O) groups is 1. The first-order chi connectivity index (χ1) is 14.5. The molecular formula is C20H17ClF3N3O3S. The number of nitrogens with one attached hydrogen (secondary N) is 1. The van der Waals surface area contributed by atoms with Crippen LogP contribution in [-0.2, 0) is 6.18 Å². The maximum atomic E-state index is 12.9. The van der Waals surface area contributed by atoms with E-state index in [1.165, 1.54) is 18.4 Å². The summed E-state index contributed by atoms with van der Waals surface area (Å²) in [5.74, 6) is -1.24. The van der Waals surface area contributed by atoms with Crippen molar-refractivity contribution in [2.45, 2.75) is 25.9 Å². The summed E-state index contributed by atoms with van der Waals surface area (Å²) in [4.78, 5) is 20.5. The number of thiazole rings is 1. The maximum Gasteiger partial charge on any atom is 0.417 e. The van der Waals surface area contributed by atoms with E-state index in [1.54, 1.807) is 18.2 Å². The number of alkyl halides is 3. The number of pyridine rings is 1. The fourth-order valence-corrected chi connectivity index (χ4v) is 4.12. The summed E-state index contributed by atoms with van der Waals surface area (Å²) in [6.45, 7) is 3.87. The zero-order valence-electron chi connectivity index (χ0n) is 16.5. The van der Waals surface area contributed by atoms with Gasteiger partial charge in [-0.3, -0.25) is 0 Å². The van der Waals surface area contributed by atoms with E-state index in [0.717, 1.165) is 10.4 Å². The Balaban J connectivity index is 2.07.